The molecule has 2 fully saturated rings. The standard InChI is InChI=1S/C12H23NO.C8H9OP.C3H6O2.CH4O/c1-14-12-7-9-13-8-5-3-2-4-6-11(13)10-12;9-6-8(10)7-4-2-1-3-5-7;1-3(4)5-2;1-2/h11-12H,2-10H2,1H3;1-6,8H,10H2;1-2H3;2H,1H3. The van der Waals surface area contributed by atoms with Crippen LogP contribution < -0.4 is 0 Å². The van der Waals surface area contributed by atoms with Crippen molar-refractivity contribution in [3.63, 3.8) is 0 Å². The zero-order valence-corrected chi connectivity index (χ0v) is 20.8. The third-order valence-corrected chi connectivity index (χ3v) is 6.02. The number of rotatable bonds is 3. The van der Waals surface area contributed by atoms with E-state index in [0.717, 1.165) is 25.0 Å². The Bertz CT molecular complexity index is 572. The number of carbonyl (C=O) groups excluding carboxylic acids is 2. The number of fused-ring (bicyclic) bond motifs is 1. The highest BCUT2D eigenvalue weighted by Gasteiger charge is 2.28. The molecule has 31 heavy (non-hydrogen) atoms. The molecule has 7 heteroatoms. The molecule has 6 nitrogen and oxygen atoms in total. The number of carbonyl (C=O) groups is 2. The molecule has 0 spiro atoms. The van der Waals surface area contributed by atoms with E-state index in [1.807, 2.05) is 37.4 Å². The van der Waals surface area contributed by atoms with Gasteiger partial charge in [-0.05, 0) is 37.8 Å². The molecule has 2 aliphatic heterocycles. The monoisotopic (exact) mass is 455 g/mol. The van der Waals surface area contributed by atoms with Gasteiger partial charge < -0.3 is 24.3 Å². The van der Waals surface area contributed by atoms with Crippen molar-refractivity contribution >= 4 is 21.5 Å². The number of aldehydes is 1. The zero-order chi connectivity index (χ0) is 23.5. The van der Waals surface area contributed by atoms with Gasteiger partial charge in [-0.15, -0.1) is 9.24 Å². The highest BCUT2D eigenvalue weighted by Crippen LogP contribution is 2.26. The van der Waals surface area contributed by atoms with Crippen molar-refractivity contribution in [3.05, 3.63) is 35.9 Å². The van der Waals surface area contributed by atoms with Crippen LogP contribution in [0.3, 0.4) is 0 Å². The Morgan fingerprint density at radius 1 is 1.10 bits per heavy atom. The van der Waals surface area contributed by atoms with Gasteiger partial charge in [0.2, 0.25) is 0 Å². The van der Waals surface area contributed by atoms with Gasteiger partial charge >= 0.3 is 5.97 Å². The molecule has 1 aromatic carbocycles. The number of aliphatic hydroxyl groups excluding tert-OH is 1. The maximum atomic E-state index is 10.3. The van der Waals surface area contributed by atoms with Crippen molar-refractivity contribution in [2.24, 2.45) is 0 Å². The molecule has 1 N–H and O–H groups in total. The molecule has 0 radical (unpaired) electrons. The SMILES string of the molecule is CO.COC(C)=O.COC1CCN2CCCCCCC2C1.O=CC(P)c1ccccc1. The molecule has 3 rings (SSSR count). The van der Waals surface area contributed by atoms with Crippen LogP contribution in [0.2, 0.25) is 0 Å². The Kier molecular flexibility index (Phi) is 18.5. The lowest BCUT2D eigenvalue weighted by Crippen LogP contribution is -2.45. The number of piperidine rings is 1. The van der Waals surface area contributed by atoms with Crippen LogP contribution in [0.5, 0.6) is 0 Å². The number of esters is 1. The molecule has 4 atom stereocenters. The van der Waals surface area contributed by atoms with Gasteiger partial charge in [-0.3, -0.25) is 4.79 Å². The summed E-state index contributed by atoms with van der Waals surface area (Å²) in [5.41, 5.74) is 0.990. The lowest BCUT2D eigenvalue weighted by atomic mass is 9.92. The van der Waals surface area contributed by atoms with Crippen molar-refractivity contribution < 1.29 is 24.2 Å². The van der Waals surface area contributed by atoms with Crippen LogP contribution >= 0.6 is 9.24 Å². The van der Waals surface area contributed by atoms with Crippen molar-refractivity contribution in [2.75, 3.05) is 34.4 Å². The quantitative estimate of drug-likeness (QED) is 0.422. The fraction of sp³-hybridized carbons (Fsp3) is 0.667. The van der Waals surface area contributed by atoms with Crippen molar-refractivity contribution in [2.45, 2.75) is 69.7 Å². The number of ether oxygens (including phenoxy) is 2. The lowest BCUT2D eigenvalue weighted by molar-refractivity contribution is -0.137. The van der Waals surface area contributed by atoms with Crippen LogP contribution in [0.25, 0.3) is 0 Å². The summed E-state index contributed by atoms with van der Waals surface area (Å²) >= 11 is 0. The minimum Gasteiger partial charge on any atom is -0.469 e. The minimum atomic E-state index is -0.245. The Balaban J connectivity index is 0.000000464. The molecule has 0 bridgehead atoms. The van der Waals surface area contributed by atoms with E-state index in [-0.39, 0.29) is 11.6 Å². The fourth-order valence-electron chi connectivity index (χ4n) is 3.67. The molecule has 0 aromatic heterocycles. The largest absolute Gasteiger partial charge is 0.469 e. The molecule has 1 aromatic rings. The Labute approximate surface area is 190 Å². The minimum absolute atomic E-state index is 0.0544. The number of aliphatic hydroxyl groups is 1. The van der Waals surface area contributed by atoms with Crippen molar-refractivity contribution in [1.82, 2.24) is 4.90 Å². The summed E-state index contributed by atoms with van der Waals surface area (Å²) in [5, 5.41) is 7.00. The van der Waals surface area contributed by atoms with Crippen molar-refractivity contribution in [3.8, 4) is 0 Å². The van der Waals surface area contributed by atoms with E-state index in [1.54, 1.807) is 0 Å². The van der Waals surface area contributed by atoms with Gasteiger partial charge in [-0.25, -0.2) is 0 Å². The second kappa shape index (κ2) is 19.4. The predicted octanol–water partition coefficient (Wildman–Crippen LogP) is 4.02. The second-order valence-corrected chi connectivity index (χ2v) is 8.26. The summed E-state index contributed by atoms with van der Waals surface area (Å²) in [6, 6.07) is 10.5. The molecule has 4 unspecified atom stereocenters. The van der Waals surface area contributed by atoms with E-state index in [2.05, 4.69) is 18.9 Å². The highest BCUT2D eigenvalue weighted by molar-refractivity contribution is 7.18. The first-order valence-electron chi connectivity index (χ1n) is 11.0. The van der Waals surface area contributed by atoms with Crippen LogP contribution in [-0.4, -0.2) is 68.8 Å². The first-order chi connectivity index (χ1) is 15.0. The Morgan fingerprint density at radius 3 is 2.26 bits per heavy atom. The second-order valence-electron chi connectivity index (χ2n) is 7.54. The fourth-order valence-corrected chi connectivity index (χ4v) is 3.90. The van der Waals surface area contributed by atoms with E-state index in [4.69, 9.17) is 9.84 Å². The summed E-state index contributed by atoms with van der Waals surface area (Å²) < 4.78 is 9.60. The average Bonchev–Trinajstić information content (AvgIpc) is 2.81. The van der Waals surface area contributed by atoms with Gasteiger partial charge in [0.05, 0.1) is 18.9 Å². The number of nitrogens with zero attached hydrogens (tertiary/aromatic N) is 1. The Hall–Kier alpha value is -1.33. The van der Waals surface area contributed by atoms with Gasteiger partial charge in [0, 0.05) is 33.7 Å². The number of benzene rings is 1. The first-order valence-corrected chi connectivity index (χ1v) is 11.7. The van der Waals surface area contributed by atoms with Crippen LogP contribution in [0.4, 0.5) is 0 Å². The lowest BCUT2D eigenvalue weighted by Gasteiger charge is -2.40. The van der Waals surface area contributed by atoms with Gasteiger partial charge in [0.1, 0.15) is 6.29 Å². The van der Waals surface area contributed by atoms with E-state index in [1.165, 1.54) is 72.1 Å². The van der Waals surface area contributed by atoms with Crippen LogP contribution in [0.15, 0.2) is 30.3 Å². The topological polar surface area (TPSA) is 76.1 Å². The maximum absolute atomic E-state index is 10.3. The third kappa shape index (κ3) is 13.6. The zero-order valence-electron chi connectivity index (χ0n) is 19.7. The van der Waals surface area contributed by atoms with Gasteiger partial charge in [0.15, 0.2) is 0 Å². The molecule has 0 aliphatic carbocycles. The van der Waals surface area contributed by atoms with Gasteiger partial charge in [-0.2, -0.15) is 0 Å². The summed E-state index contributed by atoms with van der Waals surface area (Å²) in [5.74, 6) is -0.245. The molecular formula is C24H42NO5P. The summed E-state index contributed by atoms with van der Waals surface area (Å²) in [6.45, 7) is 3.96. The van der Waals surface area contributed by atoms with Crippen LogP contribution in [-0.2, 0) is 19.1 Å². The summed E-state index contributed by atoms with van der Waals surface area (Å²) in [7, 11) is 6.69. The van der Waals surface area contributed by atoms with Crippen LogP contribution in [0, 0.1) is 0 Å². The summed E-state index contributed by atoms with van der Waals surface area (Å²) in [4.78, 5) is 22.6. The predicted molar refractivity (Wildman–Crippen MR) is 129 cm³/mol. The highest BCUT2D eigenvalue weighted by atomic mass is 31.0. The van der Waals surface area contributed by atoms with Gasteiger partial charge in [0.25, 0.3) is 0 Å². The first kappa shape index (κ1) is 29.7. The van der Waals surface area contributed by atoms with E-state index < -0.39 is 0 Å². The van der Waals surface area contributed by atoms with Crippen molar-refractivity contribution in [1.29, 1.82) is 0 Å². The Morgan fingerprint density at radius 2 is 1.71 bits per heavy atom. The number of hydrogen-bond acceptors (Lipinski definition) is 6. The average molecular weight is 456 g/mol. The van der Waals surface area contributed by atoms with E-state index in [0.29, 0.717) is 6.10 Å². The number of hydrogen-bond donors (Lipinski definition) is 1. The molecular weight excluding hydrogens is 413 g/mol. The molecule has 178 valence electrons. The van der Waals surface area contributed by atoms with Crippen LogP contribution in [0.1, 0.15) is 63.1 Å². The normalized spacial score (nSPS) is 21.5. The third-order valence-electron chi connectivity index (χ3n) is 5.47. The van der Waals surface area contributed by atoms with Gasteiger partial charge in [-0.1, -0.05) is 49.6 Å². The van der Waals surface area contributed by atoms with E-state index >= 15 is 0 Å². The molecule has 0 saturated carbocycles. The number of methoxy groups -OCH3 is 2. The molecule has 2 heterocycles. The maximum Gasteiger partial charge on any atom is 0.302 e. The molecule has 2 saturated heterocycles. The van der Waals surface area contributed by atoms with E-state index in [9.17, 15) is 9.59 Å². The smallest absolute Gasteiger partial charge is 0.302 e. The summed E-state index contributed by atoms with van der Waals surface area (Å²) in [6.07, 6.45) is 11.1. The molecule has 2 aliphatic rings. The molecule has 0 amide bonds.